The van der Waals surface area contributed by atoms with E-state index in [1.54, 1.807) is 6.20 Å². The minimum Gasteiger partial charge on any atom is -0.396 e. The van der Waals surface area contributed by atoms with Crippen LogP contribution >= 0.6 is 28.3 Å². The van der Waals surface area contributed by atoms with Gasteiger partial charge in [-0.3, -0.25) is 0 Å². The molecule has 1 aromatic heterocycles. The van der Waals surface area contributed by atoms with Gasteiger partial charge in [-0.15, -0.1) is 12.4 Å². The second kappa shape index (κ2) is 5.80. The van der Waals surface area contributed by atoms with E-state index in [0.29, 0.717) is 0 Å². The molecule has 1 aromatic rings. The number of aromatic nitrogens is 1. The SMILES string of the molecule is CC(C)(CO)[C@@H](N)c1ccc(Br)nc1.Cl. The maximum atomic E-state index is 9.17. The van der Waals surface area contributed by atoms with Crippen LogP contribution in [-0.2, 0) is 0 Å². The highest BCUT2D eigenvalue weighted by molar-refractivity contribution is 9.10. The number of pyridine rings is 1. The Balaban J connectivity index is 0.00000196. The van der Waals surface area contributed by atoms with Crippen molar-refractivity contribution in [1.82, 2.24) is 4.98 Å². The predicted molar refractivity (Wildman–Crippen MR) is 67.0 cm³/mol. The number of nitrogens with zero attached hydrogens (tertiary/aromatic N) is 1. The fourth-order valence-electron chi connectivity index (χ4n) is 1.12. The molecule has 0 saturated carbocycles. The molecule has 0 amide bonds. The molecule has 3 N–H and O–H groups in total. The first-order valence-electron chi connectivity index (χ1n) is 4.45. The van der Waals surface area contributed by atoms with Gasteiger partial charge in [-0.2, -0.15) is 0 Å². The number of aliphatic hydroxyl groups excluding tert-OH is 1. The van der Waals surface area contributed by atoms with Crippen molar-refractivity contribution in [2.75, 3.05) is 6.61 Å². The van der Waals surface area contributed by atoms with Gasteiger partial charge in [0.2, 0.25) is 0 Å². The number of aliphatic hydroxyl groups is 1. The molecule has 0 unspecified atom stereocenters. The summed E-state index contributed by atoms with van der Waals surface area (Å²) >= 11 is 3.26. The first-order valence-corrected chi connectivity index (χ1v) is 5.24. The summed E-state index contributed by atoms with van der Waals surface area (Å²) in [5.41, 5.74) is 6.63. The highest BCUT2D eigenvalue weighted by Crippen LogP contribution is 2.30. The molecule has 86 valence electrons. The minimum atomic E-state index is -0.324. The maximum Gasteiger partial charge on any atom is 0.106 e. The lowest BCUT2D eigenvalue weighted by Gasteiger charge is -2.29. The minimum absolute atomic E-state index is 0. The Bertz CT molecular complexity index is 303. The van der Waals surface area contributed by atoms with E-state index in [1.807, 2.05) is 26.0 Å². The van der Waals surface area contributed by atoms with Crippen LogP contribution in [0.15, 0.2) is 22.9 Å². The van der Waals surface area contributed by atoms with Crippen LogP contribution in [-0.4, -0.2) is 16.7 Å². The lowest BCUT2D eigenvalue weighted by Crippen LogP contribution is -2.32. The van der Waals surface area contributed by atoms with E-state index >= 15 is 0 Å². The predicted octanol–water partition coefficient (Wildman–Crippen LogP) is 2.28. The van der Waals surface area contributed by atoms with Gasteiger partial charge in [0.25, 0.3) is 0 Å². The van der Waals surface area contributed by atoms with E-state index in [9.17, 15) is 5.11 Å². The molecular weight excluding hydrogens is 279 g/mol. The van der Waals surface area contributed by atoms with Gasteiger partial charge in [0.1, 0.15) is 4.60 Å². The first kappa shape index (κ1) is 14.8. The highest BCUT2D eigenvalue weighted by atomic mass is 79.9. The zero-order chi connectivity index (χ0) is 10.8. The fraction of sp³-hybridized carbons (Fsp3) is 0.500. The molecule has 0 fully saturated rings. The van der Waals surface area contributed by atoms with Crippen LogP contribution in [0.25, 0.3) is 0 Å². The molecule has 1 atom stereocenters. The second-order valence-electron chi connectivity index (χ2n) is 4.04. The van der Waals surface area contributed by atoms with Gasteiger partial charge in [0, 0.05) is 24.3 Å². The molecule has 1 rings (SSSR count). The monoisotopic (exact) mass is 294 g/mol. The molecule has 1 heterocycles. The van der Waals surface area contributed by atoms with E-state index in [-0.39, 0.29) is 30.5 Å². The van der Waals surface area contributed by atoms with Gasteiger partial charge in [-0.05, 0) is 27.6 Å². The quantitative estimate of drug-likeness (QED) is 0.841. The molecule has 0 radical (unpaired) electrons. The molecule has 15 heavy (non-hydrogen) atoms. The van der Waals surface area contributed by atoms with Crippen molar-refractivity contribution in [2.24, 2.45) is 11.1 Å². The fourth-order valence-corrected chi connectivity index (χ4v) is 1.36. The third-order valence-corrected chi connectivity index (χ3v) is 2.83. The Morgan fingerprint density at radius 1 is 1.53 bits per heavy atom. The topological polar surface area (TPSA) is 59.1 Å². The van der Waals surface area contributed by atoms with Gasteiger partial charge >= 0.3 is 0 Å². The number of hydrogen-bond acceptors (Lipinski definition) is 3. The van der Waals surface area contributed by atoms with Gasteiger partial charge in [-0.1, -0.05) is 19.9 Å². The van der Waals surface area contributed by atoms with Crippen molar-refractivity contribution in [3.63, 3.8) is 0 Å². The Morgan fingerprint density at radius 2 is 2.13 bits per heavy atom. The van der Waals surface area contributed by atoms with Crippen LogP contribution in [0, 0.1) is 5.41 Å². The summed E-state index contributed by atoms with van der Waals surface area (Å²) in [7, 11) is 0. The molecule has 5 heteroatoms. The van der Waals surface area contributed by atoms with Gasteiger partial charge in [0.15, 0.2) is 0 Å². The molecule has 0 aliphatic heterocycles. The Kier molecular flexibility index (Phi) is 5.73. The molecule has 0 bridgehead atoms. The number of rotatable bonds is 3. The zero-order valence-corrected chi connectivity index (χ0v) is 11.2. The summed E-state index contributed by atoms with van der Waals surface area (Å²) in [6, 6.07) is 3.56. The van der Waals surface area contributed by atoms with Crippen LogP contribution in [0.5, 0.6) is 0 Å². The van der Waals surface area contributed by atoms with Crippen LogP contribution < -0.4 is 5.73 Å². The maximum absolute atomic E-state index is 9.17. The molecule has 0 aromatic carbocycles. The van der Waals surface area contributed by atoms with Crippen LogP contribution in [0.4, 0.5) is 0 Å². The average Bonchev–Trinajstić information content (AvgIpc) is 2.18. The lowest BCUT2D eigenvalue weighted by atomic mass is 9.82. The van der Waals surface area contributed by atoms with Gasteiger partial charge < -0.3 is 10.8 Å². The zero-order valence-electron chi connectivity index (χ0n) is 8.77. The average molecular weight is 296 g/mol. The Labute approximate surface area is 105 Å². The summed E-state index contributed by atoms with van der Waals surface area (Å²) in [6.45, 7) is 3.92. The van der Waals surface area contributed by atoms with Crippen molar-refractivity contribution in [2.45, 2.75) is 19.9 Å². The van der Waals surface area contributed by atoms with Crippen molar-refractivity contribution in [3.05, 3.63) is 28.5 Å². The van der Waals surface area contributed by atoms with Crippen LogP contribution in [0.2, 0.25) is 0 Å². The molecule has 0 saturated heterocycles. The Hall–Kier alpha value is -0.160. The molecule has 3 nitrogen and oxygen atoms in total. The third-order valence-electron chi connectivity index (χ3n) is 2.36. The van der Waals surface area contributed by atoms with Gasteiger partial charge in [-0.25, -0.2) is 4.98 Å². The van der Waals surface area contributed by atoms with E-state index in [4.69, 9.17) is 5.73 Å². The second-order valence-corrected chi connectivity index (χ2v) is 4.85. The van der Waals surface area contributed by atoms with E-state index in [2.05, 4.69) is 20.9 Å². The van der Waals surface area contributed by atoms with E-state index in [1.165, 1.54) is 0 Å². The van der Waals surface area contributed by atoms with Crippen LogP contribution in [0.3, 0.4) is 0 Å². The lowest BCUT2D eigenvalue weighted by molar-refractivity contribution is 0.132. The summed E-state index contributed by atoms with van der Waals surface area (Å²) in [5, 5.41) is 9.17. The molecule has 0 aliphatic rings. The summed E-state index contributed by atoms with van der Waals surface area (Å²) in [5.74, 6) is 0. The van der Waals surface area contributed by atoms with Crippen LogP contribution in [0.1, 0.15) is 25.5 Å². The van der Waals surface area contributed by atoms with Gasteiger partial charge in [0.05, 0.1) is 0 Å². The van der Waals surface area contributed by atoms with E-state index in [0.717, 1.165) is 10.2 Å². The van der Waals surface area contributed by atoms with Crippen molar-refractivity contribution < 1.29 is 5.11 Å². The summed E-state index contributed by atoms with van der Waals surface area (Å²) in [6.07, 6.45) is 1.73. The third kappa shape index (κ3) is 3.72. The normalized spacial score (nSPS) is 13.1. The number of halogens is 2. The number of nitrogens with two attached hydrogens (primary N) is 1. The smallest absolute Gasteiger partial charge is 0.106 e. The molecular formula is C10H16BrClN2O. The highest BCUT2D eigenvalue weighted by Gasteiger charge is 2.26. The summed E-state index contributed by atoms with van der Waals surface area (Å²) < 4.78 is 0.787. The van der Waals surface area contributed by atoms with E-state index < -0.39 is 0 Å². The number of hydrogen-bond donors (Lipinski definition) is 2. The van der Waals surface area contributed by atoms with Crippen molar-refractivity contribution in [1.29, 1.82) is 0 Å². The van der Waals surface area contributed by atoms with Crippen molar-refractivity contribution >= 4 is 28.3 Å². The Morgan fingerprint density at radius 3 is 2.53 bits per heavy atom. The standard InChI is InChI=1S/C10H15BrN2O.ClH/c1-10(2,6-14)9(12)7-3-4-8(11)13-5-7;/h3-5,9,14H,6,12H2,1-2H3;1H/t9-;/m0./s1. The summed E-state index contributed by atoms with van der Waals surface area (Å²) in [4.78, 5) is 4.10. The van der Waals surface area contributed by atoms with Crippen molar-refractivity contribution in [3.8, 4) is 0 Å². The first-order chi connectivity index (χ1) is 6.47. The largest absolute Gasteiger partial charge is 0.396 e. The molecule has 0 spiro atoms. The molecule has 0 aliphatic carbocycles.